The van der Waals surface area contributed by atoms with Gasteiger partial charge < -0.3 is 9.84 Å². The quantitative estimate of drug-likeness (QED) is 0.803. The molecule has 0 saturated carbocycles. The van der Waals surface area contributed by atoms with Gasteiger partial charge in [0.2, 0.25) is 0 Å². The molecule has 2 heteroatoms. The fraction of sp³-hybridized carbons (Fsp3) is 0.538. The van der Waals surface area contributed by atoms with E-state index in [2.05, 4.69) is 12.1 Å². The number of hydrogen-bond donors (Lipinski definition) is 1. The molecule has 0 aromatic heterocycles. The van der Waals surface area contributed by atoms with Gasteiger partial charge in [-0.1, -0.05) is 30.3 Å². The lowest BCUT2D eigenvalue weighted by atomic mass is 9.70. The van der Waals surface area contributed by atoms with Crippen LogP contribution in [0.5, 0.6) is 0 Å². The Labute approximate surface area is 90.9 Å². The third-order valence-corrected chi connectivity index (χ3v) is 3.53. The summed E-state index contributed by atoms with van der Waals surface area (Å²) in [6, 6.07) is 10.3. The number of aliphatic hydroxyl groups is 1. The van der Waals surface area contributed by atoms with Crippen LogP contribution in [-0.4, -0.2) is 24.4 Å². The Morgan fingerprint density at radius 1 is 1.20 bits per heavy atom. The molecule has 1 fully saturated rings. The topological polar surface area (TPSA) is 29.5 Å². The van der Waals surface area contributed by atoms with Crippen molar-refractivity contribution >= 4 is 0 Å². The fourth-order valence-corrected chi connectivity index (χ4v) is 2.45. The molecule has 1 unspecified atom stereocenters. The smallest absolute Gasteiger partial charge is 0.0610 e. The molecule has 0 amide bonds. The second-order valence-electron chi connectivity index (χ2n) is 4.31. The molecular weight excluding hydrogens is 188 g/mol. The highest BCUT2D eigenvalue weighted by Gasteiger charge is 2.38. The van der Waals surface area contributed by atoms with E-state index in [1.807, 2.05) is 25.1 Å². The van der Waals surface area contributed by atoms with Gasteiger partial charge in [0, 0.05) is 18.6 Å². The van der Waals surface area contributed by atoms with Crippen molar-refractivity contribution in [3.63, 3.8) is 0 Å². The number of rotatable bonds is 2. The summed E-state index contributed by atoms with van der Waals surface area (Å²) in [4.78, 5) is 0. The van der Waals surface area contributed by atoms with Gasteiger partial charge in [0.1, 0.15) is 0 Å². The van der Waals surface area contributed by atoms with Crippen molar-refractivity contribution in [3.8, 4) is 0 Å². The standard InChI is InChI=1S/C13H18O2/c1-11(14)13(7-9-15-10-8-13)12-5-3-2-4-6-12/h2-6,11,14H,7-10H2,1H3. The second kappa shape index (κ2) is 4.33. The van der Waals surface area contributed by atoms with Crippen LogP contribution in [0, 0.1) is 0 Å². The Morgan fingerprint density at radius 2 is 1.80 bits per heavy atom. The van der Waals surface area contributed by atoms with E-state index in [1.165, 1.54) is 5.56 Å². The molecule has 1 aromatic carbocycles. The number of benzene rings is 1. The summed E-state index contributed by atoms with van der Waals surface area (Å²) in [6.07, 6.45) is 1.51. The minimum atomic E-state index is -0.316. The Bertz CT molecular complexity index is 300. The van der Waals surface area contributed by atoms with Gasteiger partial charge in [-0.25, -0.2) is 0 Å². The molecule has 1 saturated heterocycles. The van der Waals surface area contributed by atoms with Gasteiger partial charge >= 0.3 is 0 Å². The Balaban J connectivity index is 2.34. The van der Waals surface area contributed by atoms with Crippen molar-refractivity contribution in [1.82, 2.24) is 0 Å². The van der Waals surface area contributed by atoms with Gasteiger partial charge in [0.25, 0.3) is 0 Å². The number of aliphatic hydroxyl groups excluding tert-OH is 1. The minimum Gasteiger partial charge on any atom is -0.392 e. The van der Waals surface area contributed by atoms with Crippen LogP contribution in [0.3, 0.4) is 0 Å². The Morgan fingerprint density at radius 3 is 2.33 bits per heavy atom. The van der Waals surface area contributed by atoms with Crippen LogP contribution >= 0.6 is 0 Å². The zero-order valence-corrected chi connectivity index (χ0v) is 9.15. The number of ether oxygens (including phenoxy) is 1. The molecule has 1 aromatic rings. The van der Waals surface area contributed by atoms with Crippen molar-refractivity contribution in [3.05, 3.63) is 35.9 Å². The first-order chi connectivity index (χ1) is 7.26. The summed E-state index contributed by atoms with van der Waals surface area (Å²) in [6.45, 7) is 3.39. The average molecular weight is 206 g/mol. The molecule has 0 spiro atoms. The largest absolute Gasteiger partial charge is 0.392 e. The molecule has 0 aliphatic carbocycles. The van der Waals surface area contributed by atoms with Gasteiger partial charge in [-0.15, -0.1) is 0 Å². The lowest BCUT2D eigenvalue weighted by Crippen LogP contribution is -2.42. The molecule has 0 radical (unpaired) electrons. The highest BCUT2D eigenvalue weighted by Crippen LogP contribution is 2.37. The molecule has 1 atom stereocenters. The van der Waals surface area contributed by atoms with Gasteiger partial charge in [-0.05, 0) is 25.3 Å². The van der Waals surface area contributed by atoms with E-state index in [0.29, 0.717) is 0 Å². The van der Waals surface area contributed by atoms with E-state index in [-0.39, 0.29) is 11.5 Å². The molecule has 1 aliphatic heterocycles. The summed E-state index contributed by atoms with van der Waals surface area (Å²) >= 11 is 0. The summed E-state index contributed by atoms with van der Waals surface area (Å²) in [5.74, 6) is 0. The van der Waals surface area contributed by atoms with Crippen molar-refractivity contribution in [2.24, 2.45) is 0 Å². The first kappa shape index (κ1) is 10.7. The highest BCUT2D eigenvalue weighted by molar-refractivity contribution is 5.27. The lowest BCUT2D eigenvalue weighted by Gasteiger charge is -2.40. The molecule has 1 aliphatic rings. The van der Waals surface area contributed by atoms with E-state index in [4.69, 9.17) is 4.74 Å². The molecule has 0 bridgehead atoms. The van der Waals surface area contributed by atoms with Crippen LogP contribution in [0.25, 0.3) is 0 Å². The summed E-state index contributed by atoms with van der Waals surface area (Å²) in [5.41, 5.74) is 1.14. The molecular formula is C13H18O2. The monoisotopic (exact) mass is 206 g/mol. The second-order valence-corrected chi connectivity index (χ2v) is 4.31. The first-order valence-corrected chi connectivity index (χ1v) is 5.57. The molecule has 2 rings (SSSR count). The zero-order chi connectivity index (χ0) is 10.7. The molecule has 15 heavy (non-hydrogen) atoms. The predicted molar refractivity (Wildman–Crippen MR) is 59.9 cm³/mol. The lowest BCUT2D eigenvalue weighted by molar-refractivity contribution is -0.00838. The van der Waals surface area contributed by atoms with Crippen LogP contribution in [0.2, 0.25) is 0 Å². The van der Waals surface area contributed by atoms with Crippen LogP contribution in [0.15, 0.2) is 30.3 Å². The predicted octanol–water partition coefficient (Wildman–Crippen LogP) is 2.12. The highest BCUT2D eigenvalue weighted by atomic mass is 16.5. The van der Waals surface area contributed by atoms with Gasteiger partial charge in [0.15, 0.2) is 0 Å². The van der Waals surface area contributed by atoms with E-state index in [1.54, 1.807) is 0 Å². The van der Waals surface area contributed by atoms with E-state index >= 15 is 0 Å². The number of hydrogen-bond acceptors (Lipinski definition) is 2. The summed E-state index contributed by atoms with van der Waals surface area (Å²) in [7, 11) is 0. The molecule has 1 N–H and O–H groups in total. The van der Waals surface area contributed by atoms with E-state index in [0.717, 1.165) is 26.1 Å². The normalized spacial score (nSPS) is 22.3. The Hall–Kier alpha value is -0.860. The third kappa shape index (κ3) is 1.92. The van der Waals surface area contributed by atoms with Crippen LogP contribution in [0.4, 0.5) is 0 Å². The average Bonchev–Trinajstić information content (AvgIpc) is 2.31. The Kier molecular flexibility index (Phi) is 3.08. The van der Waals surface area contributed by atoms with Crippen LogP contribution < -0.4 is 0 Å². The van der Waals surface area contributed by atoms with Crippen LogP contribution in [-0.2, 0) is 10.2 Å². The van der Waals surface area contributed by atoms with Crippen LogP contribution in [0.1, 0.15) is 25.3 Å². The van der Waals surface area contributed by atoms with Crippen molar-refractivity contribution in [1.29, 1.82) is 0 Å². The summed E-state index contributed by atoms with van der Waals surface area (Å²) in [5, 5.41) is 10.0. The maximum absolute atomic E-state index is 10.0. The minimum absolute atomic E-state index is 0.0977. The van der Waals surface area contributed by atoms with Crippen molar-refractivity contribution in [2.75, 3.05) is 13.2 Å². The molecule has 82 valence electrons. The molecule has 1 heterocycles. The SMILES string of the molecule is CC(O)C1(c2ccccc2)CCOCC1. The first-order valence-electron chi connectivity index (χ1n) is 5.57. The van der Waals surface area contributed by atoms with E-state index in [9.17, 15) is 5.11 Å². The van der Waals surface area contributed by atoms with Crippen molar-refractivity contribution in [2.45, 2.75) is 31.3 Å². The van der Waals surface area contributed by atoms with Gasteiger partial charge in [-0.3, -0.25) is 0 Å². The van der Waals surface area contributed by atoms with Crippen molar-refractivity contribution < 1.29 is 9.84 Å². The molecule has 2 nitrogen and oxygen atoms in total. The third-order valence-electron chi connectivity index (χ3n) is 3.53. The fourth-order valence-electron chi connectivity index (χ4n) is 2.45. The summed E-state index contributed by atoms with van der Waals surface area (Å²) < 4.78 is 5.39. The van der Waals surface area contributed by atoms with Gasteiger partial charge in [-0.2, -0.15) is 0 Å². The van der Waals surface area contributed by atoms with E-state index < -0.39 is 0 Å². The zero-order valence-electron chi connectivity index (χ0n) is 9.15. The maximum Gasteiger partial charge on any atom is 0.0610 e. The maximum atomic E-state index is 10.0. The van der Waals surface area contributed by atoms with Gasteiger partial charge in [0.05, 0.1) is 6.10 Å².